The molecule has 0 aliphatic carbocycles. The first-order valence-corrected chi connectivity index (χ1v) is 9.58. The number of thioether (sulfide) groups is 2. The van der Waals surface area contributed by atoms with Gasteiger partial charge in [0, 0.05) is 9.79 Å². The van der Waals surface area contributed by atoms with E-state index in [1.165, 1.54) is 6.08 Å². The maximum atomic E-state index is 12.3. The molecule has 138 valence electrons. The summed E-state index contributed by atoms with van der Waals surface area (Å²) in [6.07, 6.45) is 1.25. The predicted molar refractivity (Wildman–Crippen MR) is 109 cm³/mol. The van der Waals surface area contributed by atoms with Crippen LogP contribution in [0.4, 0.5) is 0 Å². The van der Waals surface area contributed by atoms with Crippen LogP contribution in [0.2, 0.25) is 0 Å². The molecular weight excluding hydrogens is 380 g/mol. The van der Waals surface area contributed by atoms with E-state index in [-0.39, 0.29) is 10.2 Å². The molecule has 0 spiro atoms. The second-order valence-corrected chi connectivity index (χ2v) is 7.73. The van der Waals surface area contributed by atoms with Crippen molar-refractivity contribution in [1.29, 1.82) is 0 Å². The third-order valence-electron chi connectivity index (χ3n) is 3.38. The largest absolute Gasteiger partial charge is 0.423 e. The molecule has 2 rings (SSSR count). The van der Waals surface area contributed by atoms with Crippen LogP contribution in [0.1, 0.15) is 22.8 Å². The van der Waals surface area contributed by atoms with Gasteiger partial charge in [0.15, 0.2) is 0 Å². The summed E-state index contributed by atoms with van der Waals surface area (Å²) in [5, 5.41) is -0.264. The molecule has 0 heterocycles. The maximum absolute atomic E-state index is 12.3. The fraction of sp³-hybridized carbons (Fsp3) is 0.0952. The van der Waals surface area contributed by atoms with Crippen LogP contribution in [0.25, 0.3) is 0 Å². The van der Waals surface area contributed by atoms with Crippen LogP contribution in [0.15, 0.2) is 77.1 Å². The normalized spacial score (nSPS) is 10.1. The number of aryl methyl sites for hydroxylation is 1. The van der Waals surface area contributed by atoms with Gasteiger partial charge in [-0.05, 0) is 97.0 Å². The second-order valence-electron chi connectivity index (χ2n) is 5.64. The van der Waals surface area contributed by atoms with Gasteiger partial charge in [-0.1, -0.05) is 13.2 Å². The molecule has 2 aromatic carbocycles. The highest BCUT2D eigenvalue weighted by atomic mass is 32.2. The molecule has 0 aliphatic heterocycles. The number of ether oxygens (including phenoxy) is 1. The molecule has 4 nitrogen and oxygen atoms in total. The first-order chi connectivity index (χ1) is 12.8. The number of carbonyl (C=O) groups is 3. The zero-order valence-electron chi connectivity index (χ0n) is 15.0. The van der Waals surface area contributed by atoms with Gasteiger partial charge >= 0.3 is 5.97 Å². The molecule has 0 fully saturated rings. The molecule has 0 aromatic heterocycles. The van der Waals surface area contributed by atoms with Crippen LogP contribution < -0.4 is 4.74 Å². The molecule has 2 aromatic rings. The number of benzene rings is 2. The topological polar surface area (TPSA) is 60.4 Å². The summed E-state index contributed by atoms with van der Waals surface area (Å²) in [5.41, 5.74) is 1.66. The summed E-state index contributed by atoms with van der Waals surface area (Å²) in [6, 6.07) is 11.7. The Morgan fingerprint density at radius 2 is 1.70 bits per heavy atom. The molecule has 0 bridgehead atoms. The first kappa shape index (κ1) is 20.7. The summed E-state index contributed by atoms with van der Waals surface area (Å²) in [6.45, 7) is 10.5. The predicted octanol–water partition coefficient (Wildman–Crippen LogP) is 5.21. The average molecular weight is 399 g/mol. The SMILES string of the molecule is C=CC(=O)Sc1ccc(C(=O)Oc2ccc(SC(=O)C(=C)C)cc2)cc1C. The van der Waals surface area contributed by atoms with Crippen molar-refractivity contribution in [3.63, 3.8) is 0 Å². The molecule has 0 saturated carbocycles. The lowest BCUT2D eigenvalue weighted by Gasteiger charge is -2.08. The highest BCUT2D eigenvalue weighted by Crippen LogP contribution is 2.26. The van der Waals surface area contributed by atoms with Gasteiger partial charge in [0.2, 0.25) is 10.2 Å². The lowest BCUT2D eigenvalue weighted by molar-refractivity contribution is -0.108. The minimum Gasteiger partial charge on any atom is -0.423 e. The molecular formula is C21H18O4S2. The minimum absolute atomic E-state index is 0.108. The zero-order chi connectivity index (χ0) is 20.0. The van der Waals surface area contributed by atoms with Crippen molar-refractivity contribution in [2.75, 3.05) is 0 Å². The lowest BCUT2D eigenvalue weighted by atomic mass is 10.1. The van der Waals surface area contributed by atoms with Gasteiger partial charge in [-0.15, -0.1) is 0 Å². The molecule has 27 heavy (non-hydrogen) atoms. The number of esters is 1. The van der Waals surface area contributed by atoms with Crippen molar-refractivity contribution in [1.82, 2.24) is 0 Å². The third-order valence-corrected chi connectivity index (χ3v) is 5.47. The molecule has 0 amide bonds. The molecule has 0 aliphatic rings. The van der Waals surface area contributed by atoms with Crippen molar-refractivity contribution in [2.45, 2.75) is 23.6 Å². The van der Waals surface area contributed by atoms with Gasteiger partial charge in [0.25, 0.3) is 0 Å². The Labute approximate surface area is 166 Å². The summed E-state index contributed by atoms with van der Waals surface area (Å²) in [7, 11) is 0. The van der Waals surface area contributed by atoms with Crippen molar-refractivity contribution in [3.8, 4) is 5.75 Å². The zero-order valence-corrected chi connectivity index (χ0v) is 16.6. The van der Waals surface area contributed by atoms with Crippen molar-refractivity contribution in [2.24, 2.45) is 0 Å². The summed E-state index contributed by atoms with van der Waals surface area (Å²) >= 11 is 2.13. The number of carbonyl (C=O) groups excluding carboxylic acids is 3. The van der Waals surface area contributed by atoms with Crippen molar-refractivity contribution in [3.05, 3.63) is 78.4 Å². The molecule has 0 N–H and O–H groups in total. The fourth-order valence-electron chi connectivity index (χ4n) is 1.98. The van der Waals surface area contributed by atoms with E-state index in [0.29, 0.717) is 16.9 Å². The molecule has 0 unspecified atom stereocenters. The Balaban J connectivity index is 2.05. The quantitative estimate of drug-likeness (QED) is 0.288. The molecule has 0 saturated heterocycles. The Kier molecular flexibility index (Phi) is 7.21. The van der Waals surface area contributed by atoms with Gasteiger partial charge < -0.3 is 4.74 Å². The van der Waals surface area contributed by atoms with Crippen molar-refractivity contribution < 1.29 is 19.1 Å². The highest BCUT2D eigenvalue weighted by molar-refractivity contribution is 8.14. The van der Waals surface area contributed by atoms with Gasteiger partial charge in [0.1, 0.15) is 5.75 Å². The summed E-state index contributed by atoms with van der Waals surface area (Å²) in [4.78, 5) is 36.9. The van der Waals surface area contributed by atoms with Crippen molar-refractivity contribution >= 4 is 39.7 Å². The van der Waals surface area contributed by atoms with Gasteiger partial charge in [-0.25, -0.2) is 4.79 Å². The highest BCUT2D eigenvalue weighted by Gasteiger charge is 2.12. The van der Waals surface area contributed by atoms with E-state index < -0.39 is 5.97 Å². The van der Waals surface area contributed by atoms with E-state index in [0.717, 1.165) is 38.9 Å². The van der Waals surface area contributed by atoms with Crippen LogP contribution in [-0.2, 0) is 9.59 Å². The van der Waals surface area contributed by atoms with E-state index in [1.54, 1.807) is 49.4 Å². The number of hydrogen-bond donors (Lipinski definition) is 0. The van der Waals surface area contributed by atoms with Gasteiger partial charge in [-0.2, -0.15) is 0 Å². The first-order valence-electron chi connectivity index (χ1n) is 7.95. The van der Waals surface area contributed by atoms with E-state index >= 15 is 0 Å². The third kappa shape index (κ3) is 5.98. The Bertz CT molecular complexity index is 914. The van der Waals surface area contributed by atoms with Crippen LogP contribution in [0, 0.1) is 6.92 Å². The smallest absolute Gasteiger partial charge is 0.343 e. The summed E-state index contributed by atoms with van der Waals surface area (Å²) in [5.74, 6) is -0.117. The van der Waals surface area contributed by atoms with Gasteiger partial charge in [-0.3, -0.25) is 9.59 Å². The number of rotatable bonds is 6. The van der Waals surface area contributed by atoms with E-state index in [2.05, 4.69) is 13.2 Å². The standard InChI is InChI=1S/C21H18O4S2/c1-5-19(22)27-18-11-6-15(12-14(18)4)20(23)25-16-7-9-17(10-8-16)26-21(24)13(2)3/h5-12H,1-2H2,3-4H3. The second kappa shape index (κ2) is 9.39. The van der Waals surface area contributed by atoms with E-state index in [1.807, 2.05) is 6.92 Å². The Morgan fingerprint density at radius 1 is 1.04 bits per heavy atom. The van der Waals surface area contributed by atoms with Gasteiger partial charge in [0.05, 0.1) is 5.56 Å². The lowest BCUT2D eigenvalue weighted by Crippen LogP contribution is -2.08. The Hall–Kier alpha value is -2.57. The van der Waals surface area contributed by atoms with Crippen LogP contribution >= 0.6 is 23.5 Å². The van der Waals surface area contributed by atoms with E-state index in [9.17, 15) is 14.4 Å². The van der Waals surface area contributed by atoms with Crippen LogP contribution in [0.3, 0.4) is 0 Å². The van der Waals surface area contributed by atoms with Crippen LogP contribution in [0.5, 0.6) is 5.75 Å². The number of hydrogen-bond acceptors (Lipinski definition) is 6. The minimum atomic E-state index is -0.497. The Morgan fingerprint density at radius 3 is 2.26 bits per heavy atom. The summed E-state index contributed by atoms with van der Waals surface area (Å²) < 4.78 is 5.36. The van der Waals surface area contributed by atoms with Crippen LogP contribution in [-0.4, -0.2) is 16.2 Å². The average Bonchev–Trinajstić information content (AvgIpc) is 2.64. The fourth-order valence-corrected chi connectivity index (χ4v) is 3.29. The molecule has 0 radical (unpaired) electrons. The molecule has 0 atom stereocenters. The monoisotopic (exact) mass is 398 g/mol. The molecule has 6 heteroatoms. The van der Waals surface area contributed by atoms with E-state index in [4.69, 9.17) is 4.74 Å². The maximum Gasteiger partial charge on any atom is 0.343 e.